The van der Waals surface area contributed by atoms with Crippen LogP contribution in [0.15, 0.2) is 28.4 Å². The van der Waals surface area contributed by atoms with Crippen molar-refractivity contribution in [3.63, 3.8) is 0 Å². The molecule has 3 heterocycles. The number of carbonyl (C=O) groups is 1. The summed E-state index contributed by atoms with van der Waals surface area (Å²) in [5.41, 5.74) is 1.17. The van der Waals surface area contributed by atoms with Gasteiger partial charge in [0.15, 0.2) is 9.84 Å². The third-order valence-corrected chi connectivity index (χ3v) is 7.70. The first-order valence-electron chi connectivity index (χ1n) is 8.03. The van der Waals surface area contributed by atoms with Gasteiger partial charge in [-0.25, -0.2) is 13.4 Å². The number of likely N-dealkylation sites (N-methyl/N-ethyl adjacent to an activating group) is 1. The second kappa shape index (κ2) is 7.94. The van der Waals surface area contributed by atoms with Crippen LogP contribution in [-0.2, 0) is 21.1 Å². The molecular weight excluding hydrogens is 378 g/mol. The summed E-state index contributed by atoms with van der Waals surface area (Å²) in [4.78, 5) is 18.7. The fourth-order valence-corrected chi connectivity index (χ4v) is 6.15. The van der Waals surface area contributed by atoms with Gasteiger partial charge in [0.25, 0.3) is 0 Å². The Labute approximate surface area is 155 Å². The average Bonchev–Trinajstić information content (AvgIpc) is 3.27. The number of thiazole rings is 1. The predicted octanol–water partition coefficient (Wildman–Crippen LogP) is 1.72. The van der Waals surface area contributed by atoms with Crippen LogP contribution in [0, 0.1) is 0 Å². The molecule has 1 fully saturated rings. The second-order valence-corrected chi connectivity index (χ2v) is 10.2. The summed E-state index contributed by atoms with van der Waals surface area (Å²) in [6, 6.07) is 1.81. The number of rotatable bonds is 7. The highest BCUT2D eigenvalue weighted by molar-refractivity contribution is 7.91. The van der Waals surface area contributed by atoms with Crippen molar-refractivity contribution in [2.45, 2.75) is 24.9 Å². The molecule has 2 unspecified atom stereocenters. The Kier molecular flexibility index (Phi) is 5.88. The van der Waals surface area contributed by atoms with Gasteiger partial charge >= 0.3 is 0 Å². The van der Waals surface area contributed by atoms with Crippen molar-refractivity contribution in [2.75, 3.05) is 25.1 Å². The van der Waals surface area contributed by atoms with E-state index in [2.05, 4.69) is 15.7 Å². The van der Waals surface area contributed by atoms with Crippen LogP contribution in [0.2, 0.25) is 0 Å². The van der Waals surface area contributed by atoms with Crippen LogP contribution >= 0.6 is 22.7 Å². The molecule has 0 spiro atoms. The molecule has 1 amide bonds. The van der Waals surface area contributed by atoms with E-state index in [0.717, 1.165) is 5.01 Å². The molecule has 6 nitrogen and oxygen atoms in total. The van der Waals surface area contributed by atoms with Gasteiger partial charge in [-0.1, -0.05) is 0 Å². The maximum atomic E-state index is 12.5. The largest absolute Gasteiger partial charge is 0.345 e. The van der Waals surface area contributed by atoms with Gasteiger partial charge in [0.2, 0.25) is 5.91 Å². The third-order valence-electron chi connectivity index (χ3n) is 4.33. The molecule has 0 saturated carbocycles. The van der Waals surface area contributed by atoms with Crippen molar-refractivity contribution in [1.82, 2.24) is 15.2 Å². The molecule has 9 heteroatoms. The number of sulfone groups is 1. The number of aromatic nitrogens is 1. The van der Waals surface area contributed by atoms with Gasteiger partial charge in [0.1, 0.15) is 5.01 Å². The summed E-state index contributed by atoms with van der Waals surface area (Å²) in [5.74, 6) is 0.243. The van der Waals surface area contributed by atoms with E-state index < -0.39 is 9.84 Å². The first-order valence-corrected chi connectivity index (χ1v) is 11.7. The quantitative estimate of drug-likeness (QED) is 0.767. The first-order chi connectivity index (χ1) is 11.9. The van der Waals surface area contributed by atoms with Crippen LogP contribution in [-0.4, -0.2) is 55.3 Å². The van der Waals surface area contributed by atoms with E-state index >= 15 is 0 Å². The van der Waals surface area contributed by atoms with Gasteiger partial charge in [0, 0.05) is 24.0 Å². The summed E-state index contributed by atoms with van der Waals surface area (Å²) in [5, 5.41) is 9.93. The summed E-state index contributed by atoms with van der Waals surface area (Å²) < 4.78 is 23.2. The zero-order chi connectivity index (χ0) is 17.9. The zero-order valence-corrected chi connectivity index (χ0v) is 16.4. The highest BCUT2D eigenvalue weighted by Crippen LogP contribution is 2.22. The molecule has 1 aliphatic rings. The molecule has 2 atom stereocenters. The van der Waals surface area contributed by atoms with Crippen molar-refractivity contribution < 1.29 is 13.2 Å². The maximum absolute atomic E-state index is 12.5. The monoisotopic (exact) mass is 399 g/mol. The van der Waals surface area contributed by atoms with Crippen molar-refractivity contribution in [1.29, 1.82) is 0 Å². The second-order valence-electron chi connectivity index (χ2n) is 6.30. The van der Waals surface area contributed by atoms with Gasteiger partial charge in [-0.15, -0.1) is 11.3 Å². The summed E-state index contributed by atoms with van der Waals surface area (Å²) >= 11 is 3.15. The molecule has 2 aromatic rings. The number of amides is 1. The highest BCUT2D eigenvalue weighted by atomic mass is 32.2. The van der Waals surface area contributed by atoms with Crippen molar-refractivity contribution >= 4 is 38.4 Å². The first kappa shape index (κ1) is 18.5. The van der Waals surface area contributed by atoms with E-state index in [9.17, 15) is 13.2 Å². The van der Waals surface area contributed by atoms with Crippen LogP contribution < -0.4 is 5.32 Å². The van der Waals surface area contributed by atoms with Crippen molar-refractivity contribution in [2.24, 2.45) is 0 Å². The lowest BCUT2D eigenvalue weighted by Crippen LogP contribution is -2.42. The Morgan fingerprint density at radius 1 is 1.48 bits per heavy atom. The molecule has 0 bridgehead atoms. The van der Waals surface area contributed by atoms with Crippen molar-refractivity contribution in [3.8, 4) is 0 Å². The van der Waals surface area contributed by atoms with Gasteiger partial charge in [0.05, 0.1) is 24.1 Å². The summed E-state index contributed by atoms with van der Waals surface area (Å²) in [7, 11) is -1.14. The van der Waals surface area contributed by atoms with Crippen molar-refractivity contribution in [3.05, 3.63) is 39.0 Å². The number of nitrogens with one attached hydrogen (secondary N) is 1. The number of hydrogen-bond acceptors (Lipinski definition) is 7. The molecule has 0 aromatic carbocycles. The molecule has 136 valence electrons. The molecule has 2 aromatic heterocycles. The van der Waals surface area contributed by atoms with E-state index in [1.807, 2.05) is 28.8 Å². The Balaban J connectivity index is 1.60. The minimum absolute atomic E-state index is 0.0778. The Morgan fingerprint density at radius 2 is 2.32 bits per heavy atom. The molecule has 1 N–H and O–H groups in total. The molecule has 1 aliphatic heterocycles. The van der Waals surface area contributed by atoms with Crippen LogP contribution in [0.4, 0.5) is 0 Å². The van der Waals surface area contributed by atoms with E-state index in [1.165, 1.54) is 16.9 Å². The van der Waals surface area contributed by atoms with Gasteiger partial charge in [-0.05, 0) is 35.9 Å². The lowest BCUT2D eigenvalue weighted by molar-refractivity contribution is -0.123. The van der Waals surface area contributed by atoms with Crippen LogP contribution in [0.3, 0.4) is 0 Å². The van der Waals surface area contributed by atoms with Crippen LogP contribution in [0.1, 0.15) is 23.0 Å². The van der Waals surface area contributed by atoms with Gasteiger partial charge in [-0.2, -0.15) is 11.3 Å². The zero-order valence-electron chi connectivity index (χ0n) is 13.9. The smallest absolute Gasteiger partial charge is 0.234 e. The lowest BCUT2D eigenvalue weighted by atomic mass is 10.1. The number of hydrogen-bond donors (Lipinski definition) is 1. The molecule has 1 saturated heterocycles. The minimum Gasteiger partial charge on any atom is -0.345 e. The minimum atomic E-state index is -2.95. The van der Waals surface area contributed by atoms with Gasteiger partial charge < -0.3 is 5.32 Å². The number of nitrogens with zero attached hydrogens (tertiary/aromatic N) is 2. The predicted molar refractivity (Wildman–Crippen MR) is 101 cm³/mol. The normalized spacial score (nSPS) is 20.6. The Morgan fingerprint density at radius 3 is 2.92 bits per heavy atom. The van der Waals surface area contributed by atoms with Crippen LogP contribution in [0.25, 0.3) is 0 Å². The molecule has 0 radical (unpaired) electrons. The fraction of sp³-hybridized carbons (Fsp3) is 0.500. The maximum Gasteiger partial charge on any atom is 0.234 e. The SMILES string of the molecule is CN(CC(=O)NC(Cc1ccsc1)c1nccs1)C1CCS(=O)(=O)C1. The lowest BCUT2D eigenvalue weighted by Gasteiger charge is -2.24. The number of thiophene rings is 1. The third kappa shape index (κ3) is 5.10. The average molecular weight is 400 g/mol. The fourth-order valence-electron chi connectivity index (χ4n) is 2.97. The van der Waals surface area contributed by atoms with Gasteiger partial charge in [-0.3, -0.25) is 9.69 Å². The molecule has 25 heavy (non-hydrogen) atoms. The molecular formula is C16H21N3O3S3. The topological polar surface area (TPSA) is 79.4 Å². The number of carbonyl (C=O) groups excluding carboxylic acids is 1. The van der Waals surface area contributed by atoms with E-state index in [1.54, 1.807) is 17.5 Å². The van der Waals surface area contributed by atoms with E-state index in [0.29, 0.717) is 12.8 Å². The van der Waals surface area contributed by atoms with Crippen LogP contribution in [0.5, 0.6) is 0 Å². The summed E-state index contributed by atoms with van der Waals surface area (Å²) in [6.45, 7) is 0.186. The highest BCUT2D eigenvalue weighted by Gasteiger charge is 2.31. The Bertz CT molecular complexity index is 788. The molecule has 3 rings (SSSR count). The van der Waals surface area contributed by atoms with E-state index in [4.69, 9.17) is 0 Å². The standard InChI is InChI=1S/C16H21N3O3S3/c1-19(13-3-7-25(21,22)11-13)9-15(20)18-14(16-17-4-6-24-16)8-12-2-5-23-10-12/h2,4-6,10,13-14H,3,7-9,11H2,1H3,(H,18,20). The Hall–Kier alpha value is -1.29. The molecule has 0 aliphatic carbocycles. The van der Waals surface area contributed by atoms with E-state index in [-0.39, 0.29) is 36.0 Å². The summed E-state index contributed by atoms with van der Waals surface area (Å²) in [6.07, 6.45) is 3.03.